The second kappa shape index (κ2) is 10.4. The molecule has 0 unspecified atom stereocenters. The fourth-order valence-electron chi connectivity index (χ4n) is 1.66. The molecule has 2 N–H and O–H groups in total. The van der Waals surface area contributed by atoms with E-state index < -0.39 is 11.5 Å². The number of carboxylic acid groups (broad SMARTS) is 1. The maximum absolute atomic E-state index is 12.1. The Hall–Kier alpha value is -1.34. The first-order valence-corrected chi connectivity index (χ1v) is 7.13. The first kappa shape index (κ1) is 19.7. The van der Waals surface area contributed by atoms with Crippen molar-refractivity contribution in [2.24, 2.45) is 0 Å². The van der Waals surface area contributed by atoms with Gasteiger partial charge in [0.05, 0.1) is 19.6 Å². The molecular weight excluding hydrogens is 276 g/mol. The summed E-state index contributed by atoms with van der Waals surface area (Å²) in [6.07, 6.45) is 0.636. The number of amides is 2. The number of hydrogen-bond donors (Lipinski definition) is 2. The molecule has 0 spiro atoms. The van der Waals surface area contributed by atoms with Crippen LogP contribution in [0.2, 0.25) is 0 Å². The average molecular weight is 304 g/mol. The van der Waals surface area contributed by atoms with Crippen LogP contribution in [0.4, 0.5) is 4.79 Å². The van der Waals surface area contributed by atoms with Crippen molar-refractivity contribution in [3.05, 3.63) is 0 Å². The van der Waals surface area contributed by atoms with Crippen LogP contribution in [0, 0.1) is 0 Å². The van der Waals surface area contributed by atoms with E-state index in [1.54, 1.807) is 7.11 Å². The van der Waals surface area contributed by atoms with Crippen LogP contribution in [-0.4, -0.2) is 67.6 Å². The molecule has 7 heteroatoms. The van der Waals surface area contributed by atoms with Gasteiger partial charge >= 0.3 is 12.0 Å². The summed E-state index contributed by atoms with van der Waals surface area (Å²) in [5.74, 6) is -0.913. The molecule has 0 aliphatic rings. The van der Waals surface area contributed by atoms with Crippen LogP contribution in [0.25, 0.3) is 0 Å². The minimum Gasteiger partial charge on any atom is -0.481 e. The summed E-state index contributed by atoms with van der Waals surface area (Å²) in [7, 11) is 1.61. The van der Waals surface area contributed by atoms with Crippen molar-refractivity contribution in [1.82, 2.24) is 10.2 Å². The Morgan fingerprint density at radius 1 is 1.19 bits per heavy atom. The molecule has 0 bridgehead atoms. The summed E-state index contributed by atoms with van der Waals surface area (Å²) in [6.45, 7) is 7.96. The zero-order valence-electron chi connectivity index (χ0n) is 13.5. The number of nitrogens with one attached hydrogen (secondary N) is 1. The summed E-state index contributed by atoms with van der Waals surface area (Å²) >= 11 is 0. The zero-order chi connectivity index (χ0) is 16.3. The summed E-state index contributed by atoms with van der Waals surface area (Å²) in [4.78, 5) is 24.3. The van der Waals surface area contributed by atoms with Gasteiger partial charge in [-0.15, -0.1) is 0 Å². The lowest BCUT2D eigenvalue weighted by Crippen LogP contribution is -2.51. The second-order valence-corrected chi connectivity index (χ2v) is 5.66. The van der Waals surface area contributed by atoms with Crippen LogP contribution in [0.1, 0.15) is 33.6 Å². The lowest BCUT2D eigenvalue weighted by Gasteiger charge is -2.35. The summed E-state index contributed by atoms with van der Waals surface area (Å²) in [5, 5.41) is 11.5. The van der Waals surface area contributed by atoms with E-state index in [4.69, 9.17) is 14.6 Å². The van der Waals surface area contributed by atoms with Gasteiger partial charge in [-0.25, -0.2) is 4.79 Å². The summed E-state index contributed by atoms with van der Waals surface area (Å²) in [5.41, 5.74) is -0.422. The van der Waals surface area contributed by atoms with Gasteiger partial charge in [0.1, 0.15) is 0 Å². The molecule has 0 heterocycles. The number of hydrogen-bond acceptors (Lipinski definition) is 4. The van der Waals surface area contributed by atoms with Crippen LogP contribution >= 0.6 is 0 Å². The van der Waals surface area contributed by atoms with E-state index in [0.29, 0.717) is 32.8 Å². The minimum atomic E-state index is -0.913. The molecule has 0 aliphatic heterocycles. The van der Waals surface area contributed by atoms with Gasteiger partial charge in [0.15, 0.2) is 0 Å². The molecule has 0 aromatic carbocycles. The largest absolute Gasteiger partial charge is 0.481 e. The molecule has 124 valence electrons. The molecule has 21 heavy (non-hydrogen) atoms. The van der Waals surface area contributed by atoms with Gasteiger partial charge in [-0.3, -0.25) is 4.79 Å². The van der Waals surface area contributed by atoms with Gasteiger partial charge in [0.2, 0.25) is 0 Å². The molecule has 0 saturated carbocycles. The van der Waals surface area contributed by atoms with Crippen LogP contribution < -0.4 is 5.32 Å². The number of rotatable bonds is 10. The summed E-state index contributed by atoms with van der Waals surface area (Å²) in [6, 6.07) is -0.249. The number of aliphatic carboxylic acids is 1. The fourth-order valence-corrected chi connectivity index (χ4v) is 1.66. The first-order valence-electron chi connectivity index (χ1n) is 7.13. The van der Waals surface area contributed by atoms with E-state index in [-0.39, 0.29) is 19.0 Å². The van der Waals surface area contributed by atoms with Crippen molar-refractivity contribution in [2.75, 3.05) is 40.0 Å². The van der Waals surface area contributed by atoms with Crippen molar-refractivity contribution in [1.29, 1.82) is 0 Å². The highest BCUT2D eigenvalue weighted by Crippen LogP contribution is 2.13. The van der Waals surface area contributed by atoms with E-state index in [0.717, 1.165) is 0 Å². The maximum Gasteiger partial charge on any atom is 0.317 e. The van der Waals surface area contributed by atoms with Crippen LogP contribution in [0.3, 0.4) is 0 Å². The maximum atomic E-state index is 12.1. The highest BCUT2D eigenvalue weighted by Gasteiger charge is 2.26. The predicted molar refractivity (Wildman–Crippen MR) is 79.4 cm³/mol. The third-order valence-electron chi connectivity index (χ3n) is 2.78. The number of ether oxygens (including phenoxy) is 2. The predicted octanol–water partition coefficient (Wildman–Crippen LogP) is 1.32. The Kier molecular flexibility index (Phi) is 9.73. The number of carbonyl (C=O) groups excluding carboxylic acids is 1. The smallest absolute Gasteiger partial charge is 0.317 e. The van der Waals surface area contributed by atoms with Crippen molar-refractivity contribution < 1.29 is 24.2 Å². The van der Waals surface area contributed by atoms with Crippen LogP contribution in [0.5, 0.6) is 0 Å². The molecule has 0 aromatic rings. The normalized spacial score (nSPS) is 11.2. The Labute approximate surface area is 126 Å². The van der Waals surface area contributed by atoms with E-state index >= 15 is 0 Å². The number of methoxy groups -OCH3 is 1. The lowest BCUT2D eigenvalue weighted by molar-refractivity contribution is -0.137. The van der Waals surface area contributed by atoms with Crippen molar-refractivity contribution in [3.63, 3.8) is 0 Å². The molecule has 0 radical (unpaired) electrons. The molecule has 0 fully saturated rings. The lowest BCUT2D eigenvalue weighted by atomic mass is 10.1. The van der Waals surface area contributed by atoms with Gasteiger partial charge in [0, 0.05) is 32.3 Å². The molecule has 0 aromatic heterocycles. The Morgan fingerprint density at radius 3 is 2.38 bits per heavy atom. The molecule has 0 rings (SSSR count). The van der Waals surface area contributed by atoms with Gasteiger partial charge in [0.25, 0.3) is 0 Å². The fraction of sp³-hybridized carbons (Fsp3) is 0.857. The number of urea groups is 1. The van der Waals surface area contributed by atoms with Gasteiger partial charge in [-0.1, -0.05) is 0 Å². The Bertz CT molecular complexity index is 315. The summed E-state index contributed by atoms with van der Waals surface area (Å²) < 4.78 is 10.1. The van der Waals surface area contributed by atoms with E-state index in [1.807, 2.05) is 20.8 Å². The Balaban J connectivity index is 4.03. The molecule has 0 atom stereocenters. The molecule has 7 nitrogen and oxygen atoms in total. The van der Waals surface area contributed by atoms with Crippen LogP contribution in [0.15, 0.2) is 0 Å². The molecular formula is C14H28N2O5. The Morgan fingerprint density at radius 2 is 1.86 bits per heavy atom. The van der Waals surface area contributed by atoms with Crippen molar-refractivity contribution in [3.8, 4) is 0 Å². The second-order valence-electron chi connectivity index (χ2n) is 5.66. The van der Waals surface area contributed by atoms with Crippen molar-refractivity contribution >= 4 is 12.0 Å². The highest BCUT2D eigenvalue weighted by atomic mass is 16.5. The van der Waals surface area contributed by atoms with Crippen LogP contribution in [-0.2, 0) is 14.3 Å². The van der Waals surface area contributed by atoms with E-state index in [2.05, 4.69) is 5.32 Å². The highest BCUT2D eigenvalue weighted by molar-refractivity contribution is 5.76. The van der Waals surface area contributed by atoms with Gasteiger partial charge < -0.3 is 24.8 Å². The van der Waals surface area contributed by atoms with Gasteiger partial charge in [-0.2, -0.15) is 0 Å². The van der Waals surface area contributed by atoms with Gasteiger partial charge in [-0.05, 0) is 27.2 Å². The minimum absolute atomic E-state index is 0.0647. The number of carbonyl (C=O) groups is 2. The molecule has 0 saturated heterocycles. The van der Waals surface area contributed by atoms with Crippen molar-refractivity contribution in [2.45, 2.75) is 39.2 Å². The topological polar surface area (TPSA) is 88.1 Å². The number of nitrogens with zero attached hydrogens (tertiary/aromatic N) is 1. The van der Waals surface area contributed by atoms with E-state index in [9.17, 15) is 9.59 Å². The quantitative estimate of drug-likeness (QED) is 0.594. The third kappa shape index (κ3) is 10.1. The molecule has 0 aliphatic carbocycles. The zero-order valence-corrected chi connectivity index (χ0v) is 13.5. The van der Waals surface area contributed by atoms with E-state index in [1.165, 1.54) is 4.90 Å². The number of carboxylic acids is 1. The molecule has 2 amide bonds. The standard InChI is InChI=1S/C14H28N2O5/c1-14(2,3)16(8-6-12(17)18)13(19)15-7-5-9-21-11-10-20-4/h5-11H2,1-4H3,(H,15,19)(H,17,18). The first-order chi connectivity index (χ1) is 9.79. The SMILES string of the molecule is COCCOCCCNC(=O)N(CCC(=O)O)C(C)(C)C. The average Bonchev–Trinajstić information content (AvgIpc) is 2.35. The third-order valence-corrected chi connectivity index (χ3v) is 2.78. The monoisotopic (exact) mass is 304 g/mol.